The van der Waals surface area contributed by atoms with Gasteiger partial charge >= 0.3 is 12.0 Å². The zero-order valence-electron chi connectivity index (χ0n) is 12.1. The largest absolute Gasteiger partial charge is 0.480 e. The molecule has 2 N–H and O–H groups in total. The molecule has 0 aliphatic carbocycles. The first-order valence-electron chi connectivity index (χ1n) is 6.15. The third-order valence-corrected chi connectivity index (χ3v) is 2.74. The summed E-state index contributed by atoms with van der Waals surface area (Å²) in [5.74, 6) is -1.57. The molecule has 7 nitrogen and oxygen atoms in total. The van der Waals surface area contributed by atoms with E-state index < -0.39 is 12.0 Å². The second kappa shape index (κ2) is 7.60. The minimum absolute atomic E-state index is 0.158. The van der Waals surface area contributed by atoms with Crippen molar-refractivity contribution in [1.82, 2.24) is 15.1 Å². The molecule has 0 fully saturated rings. The number of carbonyl (C=O) groups excluding carboxylic acids is 2. The van der Waals surface area contributed by atoms with Gasteiger partial charge in [-0.1, -0.05) is 6.92 Å². The predicted molar refractivity (Wildman–Crippen MR) is 70.7 cm³/mol. The first kappa shape index (κ1) is 17.2. The summed E-state index contributed by atoms with van der Waals surface area (Å²) in [4.78, 5) is 36.9. The van der Waals surface area contributed by atoms with Crippen LogP contribution in [-0.2, 0) is 9.59 Å². The number of nitrogens with zero attached hydrogens (tertiary/aromatic N) is 2. The van der Waals surface area contributed by atoms with E-state index in [1.807, 2.05) is 0 Å². The van der Waals surface area contributed by atoms with Crippen molar-refractivity contribution >= 4 is 17.9 Å². The van der Waals surface area contributed by atoms with Crippen LogP contribution in [0.25, 0.3) is 0 Å². The van der Waals surface area contributed by atoms with Crippen LogP contribution in [0.1, 0.15) is 20.8 Å². The van der Waals surface area contributed by atoms with E-state index in [1.165, 1.54) is 16.8 Å². The van der Waals surface area contributed by atoms with Crippen molar-refractivity contribution < 1.29 is 19.5 Å². The average molecular weight is 273 g/mol. The average Bonchev–Trinajstić information content (AvgIpc) is 2.33. The van der Waals surface area contributed by atoms with Gasteiger partial charge in [0.25, 0.3) is 0 Å². The van der Waals surface area contributed by atoms with Gasteiger partial charge in [-0.25, -0.2) is 4.79 Å². The van der Waals surface area contributed by atoms with E-state index in [1.54, 1.807) is 27.8 Å². The highest BCUT2D eigenvalue weighted by Crippen LogP contribution is 2.06. The molecule has 0 aromatic carbocycles. The quantitative estimate of drug-likeness (QED) is 0.724. The van der Waals surface area contributed by atoms with Crippen molar-refractivity contribution in [2.75, 3.05) is 27.2 Å². The summed E-state index contributed by atoms with van der Waals surface area (Å²) in [5.41, 5.74) is 0. The van der Waals surface area contributed by atoms with Crippen molar-refractivity contribution in [1.29, 1.82) is 0 Å². The molecule has 0 rings (SSSR count). The Morgan fingerprint density at radius 3 is 2.11 bits per heavy atom. The lowest BCUT2D eigenvalue weighted by atomic mass is 10.1. The maximum atomic E-state index is 12.1. The Balaban J connectivity index is 4.67. The Morgan fingerprint density at radius 1 is 1.21 bits per heavy atom. The van der Waals surface area contributed by atoms with Crippen molar-refractivity contribution in [2.24, 2.45) is 5.92 Å². The summed E-state index contributed by atoms with van der Waals surface area (Å²) in [6.45, 7) is 5.09. The number of hydrogen-bond donors (Lipinski definition) is 2. The van der Waals surface area contributed by atoms with Crippen LogP contribution in [0.2, 0.25) is 0 Å². The number of rotatable bonds is 6. The van der Waals surface area contributed by atoms with Gasteiger partial charge in [-0.05, 0) is 13.8 Å². The van der Waals surface area contributed by atoms with Crippen LogP contribution in [0.5, 0.6) is 0 Å². The second-order valence-corrected chi connectivity index (χ2v) is 4.79. The van der Waals surface area contributed by atoms with E-state index in [2.05, 4.69) is 5.32 Å². The number of nitrogens with one attached hydrogen (secondary N) is 1. The van der Waals surface area contributed by atoms with Crippen LogP contribution in [-0.4, -0.2) is 66.0 Å². The molecule has 0 radical (unpaired) electrons. The van der Waals surface area contributed by atoms with Gasteiger partial charge < -0.3 is 20.2 Å². The van der Waals surface area contributed by atoms with E-state index in [4.69, 9.17) is 5.11 Å². The number of hydrogen-bond acceptors (Lipinski definition) is 3. The molecule has 110 valence electrons. The summed E-state index contributed by atoms with van der Waals surface area (Å²) in [7, 11) is 3.09. The van der Waals surface area contributed by atoms with Gasteiger partial charge in [-0.2, -0.15) is 0 Å². The molecular formula is C12H23N3O4. The molecule has 0 heterocycles. The van der Waals surface area contributed by atoms with Crippen LogP contribution < -0.4 is 5.32 Å². The van der Waals surface area contributed by atoms with Gasteiger partial charge in [0.2, 0.25) is 5.91 Å². The third kappa shape index (κ3) is 5.58. The number of aliphatic carboxylic acids is 1. The summed E-state index contributed by atoms with van der Waals surface area (Å²) in [6, 6.07) is -0.616. The van der Waals surface area contributed by atoms with Gasteiger partial charge in [0.15, 0.2) is 0 Å². The molecule has 7 heteroatoms. The lowest BCUT2D eigenvalue weighted by Crippen LogP contribution is -2.49. The Kier molecular flexibility index (Phi) is 6.89. The van der Waals surface area contributed by atoms with Crippen LogP contribution >= 0.6 is 0 Å². The molecular weight excluding hydrogens is 250 g/mol. The molecule has 0 saturated carbocycles. The first-order valence-corrected chi connectivity index (χ1v) is 6.15. The van der Waals surface area contributed by atoms with E-state index in [9.17, 15) is 14.4 Å². The van der Waals surface area contributed by atoms with Gasteiger partial charge in [-0.15, -0.1) is 0 Å². The number of amides is 3. The highest BCUT2D eigenvalue weighted by Gasteiger charge is 2.25. The molecule has 0 aliphatic rings. The minimum Gasteiger partial charge on any atom is -0.480 e. The molecule has 3 amide bonds. The number of urea groups is 1. The van der Waals surface area contributed by atoms with Crippen LogP contribution in [0.4, 0.5) is 4.79 Å². The molecule has 0 saturated heterocycles. The fourth-order valence-corrected chi connectivity index (χ4v) is 1.65. The minimum atomic E-state index is -1.06. The summed E-state index contributed by atoms with van der Waals surface area (Å²) >= 11 is 0. The maximum Gasteiger partial charge on any atom is 0.323 e. The topological polar surface area (TPSA) is 90.0 Å². The molecule has 1 unspecified atom stereocenters. The Bertz CT molecular complexity index is 344. The first-order chi connectivity index (χ1) is 8.70. The Labute approximate surface area is 113 Å². The van der Waals surface area contributed by atoms with Crippen LogP contribution in [0.15, 0.2) is 0 Å². The van der Waals surface area contributed by atoms with Crippen LogP contribution in [0, 0.1) is 5.92 Å². The van der Waals surface area contributed by atoms with Crippen LogP contribution in [0.3, 0.4) is 0 Å². The second-order valence-electron chi connectivity index (χ2n) is 4.79. The monoisotopic (exact) mass is 273 g/mol. The lowest BCUT2D eigenvalue weighted by molar-refractivity contribution is -0.138. The third-order valence-electron chi connectivity index (χ3n) is 2.74. The van der Waals surface area contributed by atoms with Crippen molar-refractivity contribution in [3.05, 3.63) is 0 Å². The van der Waals surface area contributed by atoms with E-state index >= 15 is 0 Å². The Morgan fingerprint density at radius 2 is 1.74 bits per heavy atom. The molecule has 0 aromatic rings. The number of carboxylic acid groups (broad SMARTS) is 1. The van der Waals surface area contributed by atoms with Gasteiger partial charge in [0.05, 0.1) is 5.92 Å². The molecule has 0 spiro atoms. The number of carboxylic acids is 1. The molecule has 0 aliphatic heterocycles. The summed E-state index contributed by atoms with van der Waals surface area (Å²) in [5, 5.41) is 11.3. The van der Waals surface area contributed by atoms with Gasteiger partial charge in [0, 0.05) is 26.7 Å². The fraction of sp³-hybridized carbons (Fsp3) is 0.750. The highest BCUT2D eigenvalue weighted by molar-refractivity contribution is 5.82. The standard InChI is InChI=1S/C12H23N3O4/c1-8(2)15(7-10(16)17)12(19)14(5)6-9(3)11(18)13-4/h8-9H,6-7H2,1-5H3,(H,13,18)(H,16,17). The normalized spacial score (nSPS) is 11.9. The zero-order valence-corrected chi connectivity index (χ0v) is 12.1. The molecule has 1 atom stereocenters. The van der Waals surface area contributed by atoms with Gasteiger partial charge in [0.1, 0.15) is 6.54 Å². The predicted octanol–water partition coefficient (Wildman–Crippen LogP) is 0.215. The van der Waals surface area contributed by atoms with E-state index in [0.717, 1.165) is 0 Å². The molecule has 0 aromatic heterocycles. The van der Waals surface area contributed by atoms with Gasteiger partial charge in [-0.3, -0.25) is 9.59 Å². The number of carbonyl (C=O) groups is 3. The SMILES string of the molecule is CNC(=O)C(C)CN(C)C(=O)N(CC(=O)O)C(C)C. The van der Waals surface area contributed by atoms with Crippen molar-refractivity contribution in [3.63, 3.8) is 0 Å². The molecule has 0 bridgehead atoms. The highest BCUT2D eigenvalue weighted by atomic mass is 16.4. The smallest absolute Gasteiger partial charge is 0.323 e. The van der Waals surface area contributed by atoms with E-state index in [0.29, 0.717) is 0 Å². The summed E-state index contributed by atoms with van der Waals surface area (Å²) in [6.07, 6.45) is 0. The maximum absolute atomic E-state index is 12.1. The Hall–Kier alpha value is -1.79. The van der Waals surface area contributed by atoms with Crippen molar-refractivity contribution in [2.45, 2.75) is 26.8 Å². The van der Waals surface area contributed by atoms with Crippen molar-refractivity contribution in [3.8, 4) is 0 Å². The fourth-order valence-electron chi connectivity index (χ4n) is 1.65. The zero-order chi connectivity index (χ0) is 15.2. The van der Waals surface area contributed by atoms with E-state index in [-0.39, 0.29) is 31.0 Å². The summed E-state index contributed by atoms with van der Waals surface area (Å²) < 4.78 is 0. The molecule has 19 heavy (non-hydrogen) atoms. The lowest BCUT2D eigenvalue weighted by Gasteiger charge is -2.31.